The summed E-state index contributed by atoms with van der Waals surface area (Å²) in [6.07, 6.45) is 2.01. The average Bonchev–Trinajstić information content (AvgIpc) is 3.39. The number of para-hydroxylation sites is 1. The van der Waals surface area contributed by atoms with Crippen molar-refractivity contribution in [2.24, 2.45) is 0 Å². The molecule has 1 aromatic heterocycles. The van der Waals surface area contributed by atoms with Crippen LogP contribution in [0.2, 0.25) is 0 Å². The number of phenolic OH excluding ortho intramolecular Hbond substituents is 1. The lowest BCUT2D eigenvalue weighted by molar-refractivity contribution is 0.0771. The van der Waals surface area contributed by atoms with Crippen molar-refractivity contribution in [3.8, 4) is 11.5 Å². The zero-order chi connectivity index (χ0) is 34.1. The molecular weight excluding hydrogens is 622 g/mol. The first-order valence-corrected chi connectivity index (χ1v) is 17.3. The predicted octanol–water partition coefficient (Wildman–Crippen LogP) is 6.27. The lowest BCUT2D eigenvalue weighted by Gasteiger charge is -2.26. The third-order valence-corrected chi connectivity index (χ3v) is 9.81. The van der Waals surface area contributed by atoms with Crippen molar-refractivity contribution in [2.75, 3.05) is 40.0 Å². The Hall–Kier alpha value is -4.31. The Labute approximate surface area is 275 Å². The molecule has 4 aromatic rings. The number of methoxy groups -OCH3 is 1. The number of carbonyl (C=O) groups excluding carboxylic acids is 2. The van der Waals surface area contributed by atoms with Crippen LogP contribution >= 0.6 is 7.52 Å². The Morgan fingerprint density at radius 1 is 1.13 bits per heavy atom. The third kappa shape index (κ3) is 8.74. The Bertz CT molecular complexity index is 1730. The van der Waals surface area contributed by atoms with Crippen LogP contribution in [0.1, 0.15) is 52.6 Å². The van der Waals surface area contributed by atoms with Gasteiger partial charge in [-0.15, -0.1) is 0 Å². The molecule has 47 heavy (non-hydrogen) atoms. The zero-order valence-electron chi connectivity index (χ0n) is 27.4. The van der Waals surface area contributed by atoms with Gasteiger partial charge in [0, 0.05) is 63.6 Å². The smallest absolute Gasteiger partial charge is 0.318 e. The van der Waals surface area contributed by atoms with Crippen LogP contribution in [-0.2, 0) is 22.3 Å². The van der Waals surface area contributed by atoms with Gasteiger partial charge in [-0.3, -0.25) is 19.1 Å². The standard InChI is InChI=1S/C32H34FN4O5P.C3H8O/c1-21(2)35-43(41,42-24-8-5-4-6-9-24)19-18-36(3)31(39)27-25-10-7-16-34-29(25)30(38)28-26(27)20-37(32(28)40)17-15-22-11-13-23(33)14-12-22;1-3-4-2/h4-14,16,21,38H,15,17-20H2,1-3H3,(H,35,41);3H2,1-2H3. The number of aromatic nitrogens is 1. The van der Waals surface area contributed by atoms with Crippen LogP contribution in [0, 0.1) is 5.82 Å². The van der Waals surface area contributed by atoms with Crippen LogP contribution in [0.3, 0.4) is 0 Å². The van der Waals surface area contributed by atoms with Gasteiger partial charge < -0.3 is 24.2 Å². The van der Waals surface area contributed by atoms with Gasteiger partial charge in [-0.2, -0.15) is 0 Å². The quantitative estimate of drug-likeness (QED) is 0.170. The molecule has 0 fully saturated rings. The second-order valence-corrected chi connectivity index (χ2v) is 13.7. The molecule has 0 aliphatic carbocycles. The van der Waals surface area contributed by atoms with Crippen molar-refractivity contribution < 1.29 is 32.9 Å². The number of ether oxygens (including phenoxy) is 1. The number of halogens is 1. The highest BCUT2D eigenvalue weighted by Crippen LogP contribution is 2.44. The number of hydrogen-bond donors (Lipinski definition) is 2. The summed E-state index contributed by atoms with van der Waals surface area (Å²) in [6, 6.07) is 18.2. The largest absolute Gasteiger partial charge is 0.505 e. The highest BCUT2D eigenvalue weighted by atomic mass is 31.2. The molecule has 3 aromatic carbocycles. The van der Waals surface area contributed by atoms with E-state index in [2.05, 4.69) is 14.8 Å². The fourth-order valence-electron chi connectivity index (χ4n) is 5.25. The number of phenols is 1. The molecule has 1 unspecified atom stereocenters. The highest BCUT2D eigenvalue weighted by molar-refractivity contribution is 7.57. The van der Waals surface area contributed by atoms with E-state index in [1.54, 1.807) is 67.6 Å². The molecule has 0 spiro atoms. The molecule has 0 radical (unpaired) electrons. The topological polar surface area (TPSA) is 121 Å². The summed E-state index contributed by atoms with van der Waals surface area (Å²) in [5, 5.41) is 14.6. The minimum absolute atomic E-state index is 0.0432. The second kappa shape index (κ2) is 16.0. The van der Waals surface area contributed by atoms with E-state index in [0.29, 0.717) is 29.7 Å². The van der Waals surface area contributed by atoms with E-state index in [9.17, 15) is 23.7 Å². The maximum absolute atomic E-state index is 14.1. The van der Waals surface area contributed by atoms with Crippen LogP contribution < -0.4 is 9.61 Å². The lowest BCUT2D eigenvalue weighted by atomic mass is 9.95. The van der Waals surface area contributed by atoms with E-state index in [1.165, 1.54) is 23.2 Å². The van der Waals surface area contributed by atoms with Crippen LogP contribution in [0.15, 0.2) is 72.9 Å². The number of rotatable bonds is 12. The number of amides is 2. The number of hydrogen-bond acceptors (Lipinski definition) is 7. The summed E-state index contributed by atoms with van der Waals surface area (Å²) in [7, 11) is -0.111. The maximum Gasteiger partial charge on any atom is 0.318 e. The van der Waals surface area contributed by atoms with Gasteiger partial charge in [0.25, 0.3) is 11.8 Å². The Kier molecular flexibility index (Phi) is 12.1. The van der Waals surface area contributed by atoms with Crippen molar-refractivity contribution in [3.63, 3.8) is 0 Å². The number of nitrogens with one attached hydrogen (secondary N) is 1. The van der Waals surface area contributed by atoms with E-state index < -0.39 is 19.3 Å². The molecule has 0 saturated heterocycles. The number of carbonyl (C=O) groups is 2. The molecule has 5 rings (SSSR count). The Morgan fingerprint density at radius 3 is 2.45 bits per heavy atom. The van der Waals surface area contributed by atoms with E-state index in [1.807, 2.05) is 26.8 Å². The van der Waals surface area contributed by atoms with Crippen LogP contribution in [-0.4, -0.2) is 77.8 Å². The van der Waals surface area contributed by atoms with Crippen molar-refractivity contribution in [1.82, 2.24) is 19.9 Å². The third-order valence-electron chi connectivity index (χ3n) is 7.61. The minimum Gasteiger partial charge on any atom is -0.505 e. The molecule has 250 valence electrons. The van der Waals surface area contributed by atoms with Gasteiger partial charge in [0.2, 0.25) is 0 Å². The average molecular weight is 665 g/mol. The lowest BCUT2D eigenvalue weighted by Crippen LogP contribution is -2.33. The SMILES string of the molecule is CC(C)NP(=O)(CCN(C)C(=O)c1c2c(c(O)c3ncccc13)C(=O)N(CCc1ccc(F)cc1)C2)Oc1ccccc1.CCOC. The first kappa shape index (κ1) is 35.5. The molecule has 0 bridgehead atoms. The van der Waals surface area contributed by atoms with Crippen LogP contribution in [0.4, 0.5) is 4.39 Å². The Morgan fingerprint density at radius 2 is 1.81 bits per heavy atom. The molecule has 10 nitrogen and oxygen atoms in total. The summed E-state index contributed by atoms with van der Waals surface area (Å²) in [6.45, 7) is 7.05. The van der Waals surface area contributed by atoms with Crippen molar-refractivity contribution in [3.05, 3.63) is 101 Å². The van der Waals surface area contributed by atoms with Gasteiger partial charge in [-0.25, -0.2) is 9.48 Å². The van der Waals surface area contributed by atoms with Gasteiger partial charge >= 0.3 is 7.52 Å². The molecular formula is C35H42FN4O6P. The Balaban J connectivity index is 0.00000118. The number of benzene rings is 3. The number of fused-ring (bicyclic) bond motifs is 2. The fourth-order valence-corrected chi connectivity index (χ4v) is 7.33. The van der Waals surface area contributed by atoms with Crippen molar-refractivity contribution >= 4 is 30.2 Å². The molecule has 1 aliphatic rings. The van der Waals surface area contributed by atoms with E-state index >= 15 is 0 Å². The minimum atomic E-state index is -3.40. The molecule has 12 heteroatoms. The second-order valence-electron chi connectivity index (χ2n) is 11.5. The van der Waals surface area contributed by atoms with Gasteiger partial charge in [0.15, 0.2) is 5.75 Å². The summed E-state index contributed by atoms with van der Waals surface area (Å²) in [5.74, 6) is -0.937. The normalized spacial score (nSPS) is 13.6. The highest BCUT2D eigenvalue weighted by Gasteiger charge is 2.37. The van der Waals surface area contributed by atoms with Gasteiger partial charge in [0.1, 0.15) is 17.1 Å². The number of aromatic hydroxyl groups is 1. The monoisotopic (exact) mass is 664 g/mol. The first-order valence-electron chi connectivity index (χ1n) is 15.5. The van der Waals surface area contributed by atoms with Gasteiger partial charge in [-0.05, 0) is 63.1 Å². The molecule has 2 heterocycles. The van der Waals surface area contributed by atoms with E-state index in [4.69, 9.17) is 4.52 Å². The predicted molar refractivity (Wildman–Crippen MR) is 181 cm³/mol. The molecule has 1 atom stereocenters. The summed E-state index contributed by atoms with van der Waals surface area (Å²) in [5.41, 5.74) is 1.76. The summed E-state index contributed by atoms with van der Waals surface area (Å²) in [4.78, 5) is 34.9. The molecule has 1 aliphatic heterocycles. The van der Waals surface area contributed by atoms with E-state index in [-0.39, 0.29) is 53.5 Å². The molecule has 2 amide bonds. The van der Waals surface area contributed by atoms with Crippen LogP contribution in [0.25, 0.3) is 10.9 Å². The zero-order valence-corrected chi connectivity index (χ0v) is 28.3. The maximum atomic E-state index is 14.1. The number of pyridine rings is 1. The molecule has 2 N–H and O–H groups in total. The van der Waals surface area contributed by atoms with Crippen LogP contribution in [0.5, 0.6) is 11.5 Å². The fraction of sp³-hybridized carbons (Fsp3) is 0.343. The van der Waals surface area contributed by atoms with Crippen molar-refractivity contribution in [2.45, 2.75) is 39.8 Å². The van der Waals surface area contributed by atoms with Gasteiger partial charge in [0.05, 0.1) is 17.3 Å². The summed E-state index contributed by atoms with van der Waals surface area (Å²) < 4.78 is 37.6. The number of nitrogens with zero attached hydrogens (tertiary/aromatic N) is 3. The van der Waals surface area contributed by atoms with E-state index in [0.717, 1.165) is 12.2 Å². The molecule has 0 saturated carbocycles. The van der Waals surface area contributed by atoms with Crippen molar-refractivity contribution in [1.29, 1.82) is 0 Å². The summed E-state index contributed by atoms with van der Waals surface area (Å²) >= 11 is 0. The first-order chi connectivity index (χ1) is 22.5. The van der Waals surface area contributed by atoms with Gasteiger partial charge in [-0.1, -0.05) is 36.4 Å².